The van der Waals surface area contributed by atoms with E-state index in [9.17, 15) is 0 Å². The topological polar surface area (TPSA) is 0 Å². The number of thioether (sulfide) groups is 5. The Hall–Kier alpha value is 0.250. The van der Waals surface area contributed by atoms with Crippen LogP contribution in [0.3, 0.4) is 0 Å². The summed E-state index contributed by atoms with van der Waals surface area (Å²) in [5.74, 6) is 0. The molecule has 35 heavy (non-hydrogen) atoms. The second-order valence-corrected chi connectivity index (χ2v) is 16.4. The normalized spacial score (nSPS) is 11.6. The van der Waals surface area contributed by atoms with E-state index in [4.69, 9.17) is 0 Å². The quantitative estimate of drug-likeness (QED) is 0.146. The monoisotopic (exact) mass is 642 g/mol. The Bertz CT molecular complexity index is 1440. The van der Waals surface area contributed by atoms with Crippen LogP contribution in [0.5, 0.6) is 0 Å². The fraction of sp³-hybridized carbons (Fsp3) is 0.200. The summed E-state index contributed by atoms with van der Waals surface area (Å²) < 4.78 is 0. The first-order chi connectivity index (χ1) is 17.1. The third kappa shape index (κ3) is 5.27. The number of hydrogen-bond donors (Lipinski definition) is 0. The zero-order valence-electron chi connectivity index (χ0n) is 19.6. The van der Waals surface area contributed by atoms with Gasteiger partial charge in [-0.15, -0.1) is 115 Å². The summed E-state index contributed by atoms with van der Waals surface area (Å²) in [4.78, 5) is 18.1. The number of thiophene rings is 5. The molecule has 0 saturated carbocycles. The molecule has 5 rings (SSSR count). The number of rotatable bonds is 9. The van der Waals surface area contributed by atoms with Gasteiger partial charge in [-0.05, 0) is 72.4 Å². The third-order valence-corrected chi connectivity index (χ3v) is 15.8. The van der Waals surface area contributed by atoms with E-state index in [1.54, 1.807) is 0 Å². The minimum atomic E-state index is 1.38. The van der Waals surface area contributed by atoms with E-state index in [1.165, 1.54) is 63.5 Å². The average Bonchev–Trinajstić information content (AvgIpc) is 3.70. The Labute approximate surface area is 248 Å². The van der Waals surface area contributed by atoms with Crippen molar-refractivity contribution in [1.82, 2.24) is 0 Å². The van der Waals surface area contributed by atoms with E-state index in [2.05, 4.69) is 72.4 Å². The first kappa shape index (κ1) is 26.8. The van der Waals surface area contributed by atoms with E-state index in [0.29, 0.717) is 0 Å². The largest absolute Gasteiger partial charge is 0.142 e. The van der Waals surface area contributed by atoms with Gasteiger partial charge >= 0.3 is 0 Å². The molecular formula is C25H22S10. The summed E-state index contributed by atoms with van der Waals surface area (Å²) in [6.45, 7) is 0. The lowest BCUT2D eigenvalue weighted by molar-refractivity contribution is 1.51. The van der Waals surface area contributed by atoms with Gasteiger partial charge in [-0.3, -0.25) is 0 Å². The van der Waals surface area contributed by atoms with Crippen molar-refractivity contribution >= 4 is 115 Å². The molecule has 0 nitrogen and oxygen atoms in total. The lowest BCUT2D eigenvalue weighted by Crippen LogP contribution is -1.71. The molecule has 0 bridgehead atoms. The summed E-state index contributed by atoms with van der Waals surface area (Å²) in [5, 5.41) is 4.42. The second-order valence-electron chi connectivity index (χ2n) is 7.16. The standard InChI is InChI=1S/C25H22S10/c1-26-13-6-8-31-21(13)18-10-15(28-3)23(33-18)20-12-17(30-5)25(35-20)24-16(29-4)11-19(34-24)22-14(27-2)7-9-32-22/h6-12H,1-5H3. The van der Waals surface area contributed by atoms with Crippen molar-refractivity contribution in [3.05, 3.63) is 41.1 Å². The molecule has 0 aromatic carbocycles. The summed E-state index contributed by atoms with van der Waals surface area (Å²) in [7, 11) is 0. The van der Waals surface area contributed by atoms with Crippen molar-refractivity contribution in [3.63, 3.8) is 0 Å². The smallest absolute Gasteiger partial charge is 0.0596 e. The molecule has 0 radical (unpaired) electrons. The minimum absolute atomic E-state index is 1.38. The maximum atomic E-state index is 2.42. The van der Waals surface area contributed by atoms with Crippen LogP contribution in [-0.4, -0.2) is 31.3 Å². The molecule has 0 amide bonds. The van der Waals surface area contributed by atoms with Crippen molar-refractivity contribution in [2.45, 2.75) is 24.5 Å². The van der Waals surface area contributed by atoms with Gasteiger partial charge in [-0.25, -0.2) is 0 Å². The zero-order valence-corrected chi connectivity index (χ0v) is 27.8. The molecule has 5 aromatic rings. The maximum absolute atomic E-state index is 2.42. The fourth-order valence-electron chi connectivity index (χ4n) is 3.68. The molecule has 0 atom stereocenters. The molecule has 0 N–H and O–H groups in total. The van der Waals surface area contributed by atoms with Gasteiger partial charge < -0.3 is 0 Å². The predicted octanol–water partition coefficient (Wildman–Crippen LogP) is 12.3. The Morgan fingerprint density at radius 3 is 1.17 bits per heavy atom. The maximum Gasteiger partial charge on any atom is 0.0596 e. The molecule has 182 valence electrons. The van der Waals surface area contributed by atoms with Crippen LogP contribution >= 0.6 is 115 Å². The molecular weight excluding hydrogens is 621 g/mol. The van der Waals surface area contributed by atoms with E-state index >= 15 is 0 Å². The van der Waals surface area contributed by atoms with Crippen LogP contribution in [0.15, 0.2) is 65.6 Å². The second kappa shape index (κ2) is 12.0. The van der Waals surface area contributed by atoms with Crippen LogP contribution in [0.4, 0.5) is 0 Å². The van der Waals surface area contributed by atoms with Gasteiger partial charge in [0.1, 0.15) is 0 Å². The van der Waals surface area contributed by atoms with Crippen LogP contribution in [0.25, 0.3) is 39.0 Å². The summed E-state index contributed by atoms with van der Waals surface area (Å²) in [6, 6.07) is 11.7. The summed E-state index contributed by atoms with van der Waals surface area (Å²) in [5.41, 5.74) is 0. The van der Waals surface area contributed by atoms with E-state index in [-0.39, 0.29) is 0 Å². The highest BCUT2D eigenvalue weighted by Crippen LogP contribution is 2.54. The van der Waals surface area contributed by atoms with Crippen molar-refractivity contribution in [1.29, 1.82) is 0 Å². The summed E-state index contributed by atoms with van der Waals surface area (Å²) in [6.07, 6.45) is 10.9. The summed E-state index contributed by atoms with van der Waals surface area (Å²) >= 11 is 18.8. The van der Waals surface area contributed by atoms with Crippen molar-refractivity contribution < 1.29 is 0 Å². The molecule has 0 aliphatic heterocycles. The highest BCUT2D eigenvalue weighted by molar-refractivity contribution is 8.00. The van der Waals surface area contributed by atoms with Crippen LogP contribution in [0, 0.1) is 0 Å². The van der Waals surface area contributed by atoms with Crippen molar-refractivity contribution in [3.8, 4) is 39.0 Å². The molecule has 5 heterocycles. The van der Waals surface area contributed by atoms with Gasteiger partial charge in [0.2, 0.25) is 0 Å². The molecule has 0 fully saturated rings. The van der Waals surface area contributed by atoms with Gasteiger partial charge in [0, 0.05) is 39.1 Å². The Morgan fingerprint density at radius 1 is 0.429 bits per heavy atom. The molecule has 0 saturated heterocycles. The highest BCUT2D eigenvalue weighted by atomic mass is 32.2. The zero-order chi connectivity index (χ0) is 24.5. The van der Waals surface area contributed by atoms with Gasteiger partial charge in [0.05, 0.1) is 24.4 Å². The van der Waals surface area contributed by atoms with Gasteiger partial charge in [-0.2, -0.15) is 0 Å². The first-order valence-electron chi connectivity index (χ1n) is 10.4. The fourth-order valence-corrected chi connectivity index (χ4v) is 14.2. The SMILES string of the molecule is CSc1ccsc1-c1cc(SC)c(-c2cc(SC)c(-c3sc(-c4sccc4SC)cc3SC)s2)s1. The van der Waals surface area contributed by atoms with Crippen LogP contribution in [0.2, 0.25) is 0 Å². The van der Waals surface area contributed by atoms with E-state index in [1.807, 2.05) is 115 Å². The Balaban J connectivity index is 1.60. The average molecular weight is 643 g/mol. The Morgan fingerprint density at radius 2 is 0.771 bits per heavy atom. The Kier molecular flexibility index (Phi) is 9.18. The van der Waals surface area contributed by atoms with E-state index < -0.39 is 0 Å². The molecule has 0 spiro atoms. The molecule has 0 aliphatic carbocycles. The van der Waals surface area contributed by atoms with Crippen molar-refractivity contribution in [2.75, 3.05) is 31.3 Å². The predicted molar refractivity (Wildman–Crippen MR) is 176 cm³/mol. The van der Waals surface area contributed by atoms with Crippen molar-refractivity contribution in [2.24, 2.45) is 0 Å². The first-order valence-corrected chi connectivity index (χ1v) is 20.7. The highest BCUT2D eigenvalue weighted by Gasteiger charge is 2.22. The van der Waals surface area contributed by atoms with Crippen LogP contribution in [0.1, 0.15) is 0 Å². The lowest BCUT2D eigenvalue weighted by atomic mass is 10.3. The number of hydrogen-bond acceptors (Lipinski definition) is 10. The van der Waals surface area contributed by atoms with Crippen LogP contribution in [-0.2, 0) is 0 Å². The van der Waals surface area contributed by atoms with Gasteiger partial charge in [0.15, 0.2) is 0 Å². The minimum Gasteiger partial charge on any atom is -0.142 e. The van der Waals surface area contributed by atoms with E-state index in [0.717, 1.165) is 0 Å². The third-order valence-electron chi connectivity index (χ3n) is 5.33. The molecule has 0 unspecified atom stereocenters. The molecule has 5 aromatic heterocycles. The lowest BCUT2D eigenvalue weighted by Gasteiger charge is -2.00. The molecule has 10 heteroatoms. The van der Waals surface area contributed by atoms with Gasteiger partial charge in [-0.1, -0.05) is 0 Å². The van der Waals surface area contributed by atoms with Gasteiger partial charge in [0.25, 0.3) is 0 Å². The van der Waals surface area contributed by atoms with Crippen LogP contribution < -0.4 is 0 Å². The molecule has 0 aliphatic rings.